The molecular formula is C18H14ClN5O. The average Bonchev–Trinajstić information content (AvgIpc) is 3.17. The Balaban J connectivity index is 1.58. The van der Waals surface area contributed by atoms with E-state index in [0.717, 1.165) is 22.5 Å². The number of hydrogen-bond donors (Lipinski definition) is 1. The van der Waals surface area contributed by atoms with Gasteiger partial charge in [-0.15, -0.1) is 0 Å². The first-order valence-electron chi connectivity index (χ1n) is 7.67. The number of halogens is 1. The molecule has 0 aliphatic rings. The first-order valence-corrected chi connectivity index (χ1v) is 8.05. The summed E-state index contributed by atoms with van der Waals surface area (Å²) in [5, 5.41) is 9.13. The van der Waals surface area contributed by atoms with Gasteiger partial charge in [-0.05, 0) is 31.2 Å². The molecule has 2 aromatic carbocycles. The van der Waals surface area contributed by atoms with Gasteiger partial charge in [0.15, 0.2) is 5.58 Å². The predicted octanol–water partition coefficient (Wildman–Crippen LogP) is 4.42. The molecule has 25 heavy (non-hydrogen) atoms. The van der Waals surface area contributed by atoms with Crippen LogP contribution in [-0.4, -0.2) is 21.0 Å². The topological polar surface area (TPSA) is 68.2 Å². The summed E-state index contributed by atoms with van der Waals surface area (Å²) < 4.78 is 7.23. The highest BCUT2D eigenvalue weighted by Gasteiger charge is 2.13. The summed E-state index contributed by atoms with van der Waals surface area (Å²) in [6.45, 7) is 1.88. The molecule has 6 nitrogen and oxygen atoms in total. The number of rotatable bonds is 4. The number of nitrogens with zero attached hydrogens (tertiary/aromatic N) is 4. The van der Waals surface area contributed by atoms with Gasteiger partial charge in [-0.1, -0.05) is 41.9 Å². The molecule has 124 valence electrons. The lowest BCUT2D eigenvalue weighted by Gasteiger charge is -2.01. The van der Waals surface area contributed by atoms with Crippen molar-refractivity contribution in [2.24, 2.45) is 5.10 Å². The monoisotopic (exact) mass is 351 g/mol. The molecule has 4 rings (SSSR count). The molecule has 0 saturated heterocycles. The molecule has 2 aromatic heterocycles. The third-order valence-electron chi connectivity index (χ3n) is 3.70. The summed E-state index contributed by atoms with van der Waals surface area (Å²) in [6.07, 6.45) is 1.61. The second kappa shape index (κ2) is 6.41. The summed E-state index contributed by atoms with van der Waals surface area (Å²) in [5.41, 5.74) is 6.65. The molecule has 0 bridgehead atoms. The maximum atomic E-state index is 6.45. The third kappa shape index (κ3) is 2.99. The standard InChI is InChI=1S/C18H14ClN5O/c1-12-14(17(19)24(23-12)13-7-3-2-4-8-13)11-20-22-18-21-15-9-5-6-10-16(15)25-18/h2-11H,1H3,(H,21,22). The van der Waals surface area contributed by atoms with E-state index in [1.54, 1.807) is 10.9 Å². The van der Waals surface area contributed by atoms with Gasteiger partial charge in [0, 0.05) is 0 Å². The smallest absolute Gasteiger partial charge is 0.316 e. The number of benzene rings is 2. The summed E-state index contributed by atoms with van der Waals surface area (Å²) >= 11 is 6.45. The van der Waals surface area contributed by atoms with Crippen LogP contribution >= 0.6 is 11.6 Å². The Kier molecular flexibility index (Phi) is 3.95. The van der Waals surface area contributed by atoms with Gasteiger partial charge in [0.05, 0.1) is 23.2 Å². The van der Waals surface area contributed by atoms with Crippen LogP contribution < -0.4 is 5.43 Å². The second-order valence-electron chi connectivity index (χ2n) is 5.39. The van der Waals surface area contributed by atoms with E-state index < -0.39 is 0 Å². The van der Waals surface area contributed by atoms with Crippen molar-refractivity contribution >= 4 is 34.9 Å². The highest BCUT2D eigenvalue weighted by atomic mass is 35.5. The lowest BCUT2D eigenvalue weighted by molar-refractivity contribution is 0.617. The van der Waals surface area contributed by atoms with Gasteiger partial charge >= 0.3 is 6.01 Å². The minimum Gasteiger partial charge on any atom is -0.422 e. The summed E-state index contributed by atoms with van der Waals surface area (Å²) in [4.78, 5) is 4.30. The maximum Gasteiger partial charge on any atom is 0.316 e. The Hall–Kier alpha value is -3.12. The first-order chi connectivity index (χ1) is 12.2. The van der Waals surface area contributed by atoms with Gasteiger partial charge in [0.2, 0.25) is 0 Å². The number of nitrogens with one attached hydrogen (secondary N) is 1. The molecule has 0 aliphatic carbocycles. The predicted molar refractivity (Wildman–Crippen MR) is 98.5 cm³/mol. The lowest BCUT2D eigenvalue weighted by Crippen LogP contribution is -1.96. The fourth-order valence-corrected chi connectivity index (χ4v) is 2.79. The number of fused-ring (bicyclic) bond motifs is 1. The number of aryl methyl sites for hydroxylation is 1. The van der Waals surface area contributed by atoms with Crippen LogP contribution in [0.15, 0.2) is 64.1 Å². The van der Waals surface area contributed by atoms with E-state index in [2.05, 4.69) is 20.6 Å². The first kappa shape index (κ1) is 15.4. The highest BCUT2D eigenvalue weighted by molar-refractivity contribution is 6.32. The van der Waals surface area contributed by atoms with Crippen LogP contribution in [0, 0.1) is 6.92 Å². The van der Waals surface area contributed by atoms with E-state index in [9.17, 15) is 0 Å². The Morgan fingerprint density at radius 1 is 1.12 bits per heavy atom. The molecule has 0 saturated carbocycles. The van der Waals surface area contributed by atoms with E-state index in [0.29, 0.717) is 16.8 Å². The van der Waals surface area contributed by atoms with E-state index in [4.69, 9.17) is 16.0 Å². The van der Waals surface area contributed by atoms with Gasteiger partial charge in [0.25, 0.3) is 0 Å². The van der Waals surface area contributed by atoms with Crippen LogP contribution in [0.25, 0.3) is 16.8 Å². The number of hydrazone groups is 1. The van der Waals surface area contributed by atoms with Crippen molar-refractivity contribution in [3.8, 4) is 5.69 Å². The van der Waals surface area contributed by atoms with E-state index in [-0.39, 0.29) is 0 Å². The van der Waals surface area contributed by atoms with Crippen molar-refractivity contribution in [2.75, 3.05) is 5.43 Å². The van der Waals surface area contributed by atoms with Crippen molar-refractivity contribution in [3.05, 3.63) is 71.0 Å². The Morgan fingerprint density at radius 3 is 2.68 bits per heavy atom. The van der Waals surface area contributed by atoms with E-state index in [1.165, 1.54) is 0 Å². The Bertz CT molecular complexity index is 1020. The molecule has 0 unspecified atom stereocenters. The van der Waals surface area contributed by atoms with Gasteiger partial charge in [-0.25, -0.2) is 10.1 Å². The summed E-state index contributed by atoms with van der Waals surface area (Å²) in [5.74, 6) is 0. The number of hydrogen-bond acceptors (Lipinski definition) is 5. The molecule has 0 radical (unpaired) electrons. The summed E-state index contributed by atoms with van der Waals surface area (Å²) in [6, 6.07) is 17.5. The second-order valence-corrected chi connectivity index (χ2v) is 5.75. The van der Waals surface area contributed by atoms with Gasteiger partial charge < -0.3 is 4.42 Å². The minimum atomic E-state index is 0.321. The fourth-order valence-electron chi connectivity index (χ4n) is 2.47. The third-order valence-corrected chi connectivity index (χ3v) is 4.06. The zero-order valence-corrected chi connectivity index (χ0v) is 14.1. The molecule has 0 fully saturated rings. The lowest BCUT2D eigenvalue weighted by atomic mass is 10.3. The number of oxazole rings is 1. The van der Waals surface area contributed by atoms with Crippen LogP contribution in [0.4, 0.5) is 6.01 Å². The molecule has 0 spiro atoms. The largest absolute Gasteiger partial charge is 0.422 e. The normalized spacial score (nSPS) is 11.4. The van der Waals surface area contributed by atoms with Gasteiger partial charge in [0.1, 0.15) is 10.7 Å². The van der Waals surface area contributed by atoms with Crippen molar-refractivity contribution in [1.29, 1.82) is 0 Å². The number of anilines is 1. The van der Waals surface area contributed by atoms with Crippen LogP contribution in [-0.2, 0) is 0 Å². The summed E-state index contributed by atoms with van der Waals surface area (Å²) in [7, 11) is 0. The molecule has 4 aromatic rings. The zero-order valence-electron chi connectivity index (χ0n) is 13.3. The highest BCUT2D eigenvalue weighted by Crippen LogP contribution is 2.22. The van der Waals surface area contributed by atoms with Crippen molar-refractivity contribution in [3.63, 3.8) is 0 Å². The Labute approximate surface area is 148 Å². The number of para-hydroxylation sites is 3. The number of aromatic nitrogens is 3. The molecule has 0 aliphatic heterocycles. The van der Waals surface area contributed by atoms with Crippen LogP contribution in [0.5, 0.6) is 0 Å². The zero-order chi connectivity index (χ0) is 17.2. The van der Waals surface area contributed by atoms with Crippen molar-refractivity contribution in [2.45, 2.75) is 6.92 Å². The molecule has 0 atom stereocenters. The van der Waals surface area contributed by atoms with Gasteiger partial charge in [-0.2, -0.15) is 15.2 Å². The van der Waals surface area contributed by atoms with Crippen LogP contribution in [0.1, 0.15) is 11.3 Å². The van der Waals surface area contributed by atoms with Crippen LogP contribution in [0.3, 0.4) is 0 Å². The molecule has 0 amide bonds. The van der Waals surface area contributed by atoms with Crippen LogP contribution in [0.2, 0.25) is 5.15 Å². The van der Waals surface area contributed by atoms with Crippen molar-refractivity contribution < 1.29 is 4.42 Å². The average molecular weight is 352 g/mol. The molecule has 1 N–H and O–H groups in total. The SMILES string of the molecule is Cc1nn(-c2ccccc2)c(Cl)c1C=NNc1nc2ccccc2o1. The fraction of sp³-hybridized carbons (Fsp3) is 0.0556. The minimum absolute atomic E-state index is 0.321. The van der Waals surface area contributed by atoms with Crippen molar-refractivity contribution in [1.82, 2.24) is 14.8 Å². The maximum absolute atomic E-state index is 6.45. The van der Waals surface area contributed by atoms with E-state index >= 15 is 0 Å². The molecule has 7 heteroatoms. The molecular weight excluding hydrogens is 338 g/mol. The Morgan fingerprint density at radius 2 is 1.88 bits per heavy atom. The van der Waals surface area contributed by atoms with Gasteiger partial charge in [-0.3, -0.25) is 0 Å². The molecule has 2 heterocycles. The van der Waals surface area contributed by atoms with E-state index in [1.807, 2.05) is 61.5 Å². The quantitative estimate of drug-likeness (QED) is 0.436.